The zero-order valence-electron chi connectivity index (χ0n) is 14.8. The molecule has 26 heavy (non-hydrogen) atoms. The van der Waals surface area contributed by atoms with Gasteiger partial charge in [-0.2, -0.15) is 0 Å². The van der Waals surface area contributed by atoms with Crippen molar-refractivity contribution in [2.75, 3.05) is 11.9 Å². The molecule has 1 aliphatic rings. The van der Waals surface area contributed by atoms with Crippen LogP contribution in [0.2, 0.25) is 0 Å². The maximum absolute atomic E-state index is 13.0. The first-order valence-electron chi connectivity index (χ1n) is 8.79. The molecule has 1 amide bonds. The van der Waals surface area contributed by atoms with Gasteiger partial charge in [-0.05, 0) is 55.5 Å². The Morgan fingerprint density at radius 3 is 2.46 bits per heavy atom. The van der Waals surface area contributed by atoms with Gasteiger partial charge < -0.3 is 15.2 Å². The van der Waals surface area contributed by atoms with Crippen LogP contribution in [0, 0.1) is 12.3 Å². The van der Waals surface area contributed by atoms with Gasteiger partial charge >= 0.3 is 5.97 Å². The van der Waals surface area contributed by atoms with Gasteiger partial charge in [0.25, 0.3) is 0 Å². The summed E-state index contributed by atoms with van der Waals surface area (Å²) in [6.45, 7) is 1.49. The van der Waals surface area contributed by atoms with Crippen LogP contribution in [0.3, 0.4) is 0 Å². The summed E-state index contributed by atoms with van der Waals surface area (Å²) in [5.41, 5.74) is 2.41. The molecule has 0 spiro atoms. The predicted octanol–water partition coefficient (Wildman–Crippen LogP) is 3.81. The SMILES string of the molecule is Cc1cc(OCC(=O)O)ccc1NC(=O)C1(Cc2ccccc2)CCC1. The Balaban J connectivity index is 1.69. The summed E-state index contributed by atoms with van der Waals surface area (Å²) < 4.78 is 5.17. The van der Waals surface area contributed by atoms with Gasteiger partial charge in [-0.1, -0.05) is 36.8 Å². The van der Waals surface area contributed by atoms with Crippen LogP contribution in [-0.2, 0) is 16.0 Å². The molecule has 0 heterocycles. The lowest BCUT2D eigenvalue weighted by molar-refractivity contribution is -0.139. The molecule has 2 aromatic rings. The summed E-state index contributed by atoms with van der Waals surface area (Å²) in [4.78, 5) is 23.5. The van der Waals surface area contributed by atoms with Gasteiger partial charge in [-0.25, -0.2) is 4.79 Å². The molecule has 1 fully saturated rings. The molecule has 3 rings (SSSR count). The van der Waals surface area contributed by atoms with E-state index in [2.05, 4.69) is 17.4 Å². The number of hydrogen-bond donors (Lipinski definition) is 2. The third kappa shape index (κ3) is 4.04. The van der Waals surface area contributed by atoms with Crippen LogP contribution >= 0.6 is 0 Å². The van der Waals surface area contributed by atoms with Gasteiger partial charge in [0.15, 0.2) is 6.61 Å². The molecule has 2 N–H and O–H groups in total. The van der Waals surface area contributed by atoms with Crippen LogP contribution in [0.1, 0.15) is 30.4 Å². The van der Waals surface area contributed by atoms with Crippen LogP contribution in [0.25, 0.3) is 0 Å². The molecule has 5 nitrogen and oxygen atoms in total. The van der Waals surface area contributed by atoms with E-state index in [0.29, 0.717) is 5.75 Å². The third-order valence-corrected chi connectivity index (χ3v) is 4.99. The molecular formula is C21H23NO4. The van der Waals surface area contributed by atoms with Crippen molar-refractivity contribution in [2.45, 2.75) is 32.6 Å². The summed E-state index contributed by atoms with van der Waals surface area (Å²) in [6.07, 6.45) is 3.61. The molecule has 0 aromatic heterocycles. The average molecular weight is 353 g/mol. The number of carbonyl (C=O) groups is 2. The summed E-state index contributed by atoms with van der Waals surface area (Å²) >= 11 is 0. The fourth-order valence-electron chi connectivity index (χ4n) is 3.34. The lowest BCUT2D eigenvalue weighted by Gasteiger charge is -2.40. The fourth-order valence-corrected chi connectivity index (χ4v) is 3.34. The van der Waals surface area contributed by atoms with E-state index in [1.807, 2.05) is 25.1 Å². The molecule has 0 atom stereocenters. The summed E-state index contributed by atoms with van der Waals surface area (Å²) in [6, 6.07) is 15.3. The monoisotopic (exact) mass is 353 g/mol. The number of aryl methyl sites for hydroxylation is 1. The van der Waals surface area contributed by atoms with Crippen molar-refractivity contribution < 1.29 is 19.4 Å². The Kier molecular flexibility index (Phi) is 5.26. The van der Waals surface area contributed by atoms with Crippen LogP contribution in [0.5, 0.6) is 5.75 Å². The van der Waals surface area contributed by atoms with Crippen molar-refractivity contribution in [3.05, 3.63) is 59.7 Å². The molecule has 0 saturated heterocycles. The number of carboxylic acids is 1. The topological polar surface area (TPSA) is 75.6 Å². The first-order chi connectivity index (χ1) is 12.5. The van der Waals surface area contributed by atoms with E-state index in [-0.39, 0.29) is 17.9 Å². The number of nitrogens with one attached hydrogen (secondary N) is 1. The quantitative estimate of drug-likeness (QED) is 0.794. The van der Waals surface area contributed by atoms with Gasteiger partial charge in [0.05, 0.1) is 5.41 Å². The van der Waals surface area contributed by atoms with E-state index in [0.717, 1.165) is 36.9 Å². The summed E-state index contributed by atoms with van der Waals surface area (Å²) in [7, 11) is 0. The normalized spacial score (nSPS) is 15.0. The van der Waals surface area contributed by atoms with Crippen molar-refractivity contribution in [3.63, 3.8) is 0 Å². The first kappa shape index (κ1) is 18.0. The van der Waals surface area contributed by atoms with E-state index in [9.17, 15) is 9.59 Å². The Morgan fingerprint density at radius 2 is 1.88 bits per heavy atom. The molecule has 0 radical (unpaired) electrons. The number of carboxylic acid groups (broad SMARTS) is 1. The highest BCUT2D eigenvalue weighted by molar-refractivity contribution is 5.96. The van der Waals surface area contributed by atoms with Gasteiger partial charge in [-0.15, -0.1) is 0 Å². The highest BCUT2D eigenvalue weighted by atomic mass is 16.5. The van der Waals surface area contributed by atoms with E-state index >= 15 is 0 Å². The Morgan fingerprint density at radius 1 is 1.15 bits per heavy atom. The molecule has 0 unspecified atom stereocenters. The number of anilines is 1. The molecular weight excluding hydrogens is 330 g/mol. The van der Waals surface area contributed by atoms with Crippen LogP contribution in [0.4, 0.5) is 5.69 Å². The number of aliphatic carboxylic acids is 1. The highest BCUT2D eigenvalue weighted by Crippen LogP contribution is 2.44. The largest absolute Gasteiger partial charge is 0.482 e. The highest BCUT2D eigenvalue weighted by Gasteiger charge is 2.44. The second kappa shape index (κ2) is 7.60. The molecule has 136 valence electrons. The van der Waals surface area contributed by atoms with Gasteiger partial charge in [0.1, 0.15) is 5.75 Å². The maximum Gasteiger partial charge on any atom is 0.341 e. The van der Waals surface area contributed by atoms with Crippen molar-refractivity contribution in [3.8, 4) is 5.75 Å². The second-order valence-electron chi connectivity index (χ2n) is 6.91. The van der Waals surface area contributed by atoms with E-state index in [1.165, 1.54) is 5.56 Å². The van der Waals surface area contributed by atoms with Crippen molar-refractivity contribution >= 4 is 17.6 Å². The Hall–Kier alpha value is -2.82. The number of benzene rings is 2. The van der Waals surface area contributed by atoms with Crippen LogP contribution in [-0.4, -0.2) is 23.6 Å². The van der Waals surface area contributed by atoms with Gasteiger partial charge in [0.2, 0.25) is 5.91 Å². The zero-order chi connectivity index (χ0) is 18.6. The number of amides is 1. The third-order valence-electron chi connectivity index (χ3n) is 4.99. The second-order valence-corrected chi connectivity index (χ2v) is 6.91. The van der Waals surface area contributed by atoms with Crippen LogP contribution in [0.15, 0.2) is 48.5 Å². The van der Waals surface area contributed by atoms with Crippen LogP contribution < -0.4 is 10.1 Å². The van der Waals surface area contributed by atoms with E-state index < -0.39 is 5.97 Å². The molecule has 0 bridgehead atoms. The summed E-state index contributed by atoms with van der Waals surface area (Å²) in [5.74, 6) is -0.492. The molecule has 0 aliphatic heterocycles. The standard InChI is InChI=1S/C21H23NO4/c1-15-12-17(26-14-19(23)24)8-9-18(15)22-20(25)21(10-5-11-21)13-16-6-3-2-4-7-16/h2-4,6-9,12H,5,10-11,13-14H2,1H3,(H,22,25)(H,23,24). The Bertz CT molecular complexity index is 797. The van der Waals surface area contributed by atoms with Gasteiger partial charge in [0, 0.05) is 5.69 Å². The zero-order valence-corrected chi connectivity index (χ0v) is 14.8. The minimum Gasteiger partial charge on any atom is -0.482 e. The Labute approximate surface area is 153 Å². The lowest BCUT2D eigenvalue weighted by Crippen LogP contribution is -2.43. The first-order valence-corrected chi connectivity index (χ1v) is 8.79. The number of rotatable bonds is 7. The number of hydrogen-bond acceptors (Lipinski definition) is 3. The maximum atomic E-state index is 13.0. The van der Waals surface area contributed by atoms with Crippen molar-refractivity contribution in [1.82, 2.24) is 0 Å². The van der Waals surface area contributed by atoms with Crippen molar-refractivity contribution in [1.29, 1.82) is 0 Å². The van der Waals surface area contributed by atoms with E-state index in [4.69, 9.17) is 9.84 Å². The fraction of sp³-hybridized carbons (Fsp3) is 0.333. The molecule has 1 aliphatic carbocycles. The van der Waals surface area contributed by atoms with Gasteiger partial charge in [-0.3, -0.25) is 4.79 Å². The molecule has 5 heteroatoms. The minimum atomic E-state index is -1.02. The number of ether oxygens (including phenoxy) is 1. The van der Waals surface area contributed by atoms with Crippen molar-refractivity contribution in [2.24, 2.45) is 5.41 Å². The van der Waals surface area contributed by atoms with E-state index in [1.54, 1.807) is 18.2 Å². The minimum absolute atomic E-state index is 0.0508. The smallest absolute Gasteiger partial charge is 0.341 e. The number of carbonyl (C=O) groups excluding carboxylic acids is 1. The molecule has 2 aromatic carbocycles. The summed E-state index contributed by atoms with van der Waals surface area (Å²) in [5, 5.41) is 11.7. The molecule has 1 saturated carbocycles. The lowest BCUT2D eigenvalue weighted by atomic mass is 9.64. The average Bonchev–Trinajstić information content (AvgIpc) is 2.59. The predicted molar refractivity (Wildman–Crippen MR) is 99.4 cm³/mol.